The summed E-state index contributed by atoms with van der Waals surface area (Å²) in [7, 11) is 3.52. The van der Waals surface area contributed by atoms with Crippen LogP contribution in [-0.2, 0) is 6.54 Å². The Hall–Kier alpha value is -2.63. The summed E-state index contributed by atoms with van der Waals surface area (Å²) >= 11 is 0. The third kappa shape index (κ3) is 5.17. The van der Waals surface area contributed by atoms with E-state index >= 15 is 0 Å². The van der Waals surface area contributed by atoms with Crippen molar-refractivity contribution >= 4 is 17.7 Å². The van der Waals surface area contributed by atoms with Gasteiger partial charge in [-0.2, -0.15) is 0 Å². The fourth-order valence-corrected chi connectivity index (χ4v) is 2.28. The molecule has 0 aliphatic carbocycles. The zero-order chi connectivity index (χ0) is 18.4. The number of nitrogens with one attached hydrogen (secondary N) is 1. The normalized spacial score (nSPS) is 11.0. The molecule has 0 amide bonds. The molecule has 0 unspecified atom stereocenters. The number of hydrogen-bond donors (Lipinski definition) is 1. The molecule has 6 heteroatoms. The maximum Gasteiger partial charge on any atom is 0.144 e. The quantitative estimate of drug-likeness (QED) is 0.592. The topological polar surface area (TPSA) is 36.9 Å². The summed E-state index contributed by atoms with van der Waals surface area (Å²) in [5.74, 6) is -0.567. The zero-order valence-electron chi connectivity index (χ0n) is 14.9. The maximum absolute atomic E-state index is 13.3. The van der Waals surface area contributed by atoms with Crippen molar-refractivity contribution in [1.29, 1.82) is 0 Å². The first-order valence-corrected chi connectivity index (χ1v) is 8.04. The lowest BCUT2D eigenvalue weighted by atomic mass is 10.1. The summed E-state index contributed by atoms with van der Waals surface area (Å²) in [4.78, 5) is 6.43. The number of nitrogens with zero attached hydrogens (tertiary/aromatic N) is 2. The summed E-state index contributed by atoms with van der Waals surface area (Å²) in [6, 6.07) is 7.20. The van der Waals surface area contributed by atoms with Gasteiger partial charge in [-0.1, -0.05) is 0 Å². The Morgan fingerprint density at radius 1 is 1.16 bits per heavy atom. The molecule has 0 radical (unpaired) electrons. The van der Waals surface area contributed by atoms with Gasteiger partial charge in [0.2, 0.25) is 0 Å². The van der Waals surface area contributed by atoms with E-state index in [1.165, 1.54) is 12.1 Å². The smallest absolute Gasteiger partial charge is 0.144 e. The van der Waals surface area contributed by atoms with Gasteiger partial charge in [-0.15, -0.1) is 0 Å². The Morgan fingerprint density at radius 2 is 1.84 bits per heavy atom. The highest BCUT2D eigenvalue weighted by atomic mass is 19.1. The Balaban J connectivity index is 2.20. The molecule has 134 valence electrons. The minimum absolute atomic E-state index is 0.283. The van der Waals surface area contributed by atoms with Crippen LogP contribution < -0.4 is 10.1 Å². The molecule has 2 aromatic carbocycles. The van der Waals surface area contributed by atoms with E-state index in [0.717, 1.165) is 29.5 Å². The predicted molar refractivity (Wildman–Crippen MR) is 97.9 cm³/mol. The summed E-state index contributed by atoms with van der Waals surface area (Å²) in [6.07, 6.45) is 1.77. The van der Waals surface area contributed by atoms with Crippen LogP contribution in [0.5, 0.6) is 5.75 Å². The van der Waals surface area contributed by atoms with Gasteiger partial charge in [0, 0.05) is 32.3 Å². The number of methoxy groups -OCH3 is 1. The molecule has 0 aromatic heterocycles. The molecule has 0 fully saturated rings. The van der Waals surface area contributed by atoms with Gasteiger partial charge in [-0.3, -0.25) is 0 Å². The highest BCUT2D eigenvalue weighted by Crippen LogP contribution is 2.33. The van der Waals surface area contributed by atoms with Crippen LogP contribution in [-0.4, -0.2) is 31.9 Å². The van der Waals surface area contributed by atoms with Crippen LogP contribution in [0, 0.1) is 18.6 Å². The van der Waals surface area contributed by atoms with Crippen molar-refractivity contribution in [1.82, 2.24) is 4.90 Å². The Bertz CT molecular complexity index is 742. The molecule has 0 aliphatic rings. The minimum Gasteiger partial charge on any atom is -0.495 e. The van der Waals surface area contributed by atoms with Crippen molar-refractivity contribution in [2.24, 2.45) is 4.99 Å². The number of hydrogen-bond acceptors (Lipinski definition) is 3. The van der Waals surface area contributed by atoms with Crippen LogP contribution in [0.3, 0.4) is 0 Å². The first-order chi connectivity index (χ1) is 11.9. The SMILES string of the molecule is CCN(C)/C=N/c1cc(OC)c(NCc2cc(F)cc(F)c2)cc1C. The van der Waals surface area contributed by atoms with Crippen LogP contribution in [0.15, 0.2) is 35.3 Å². The van der Waals surface area contributed by atoms with E-state index in [4.69, 9.17) is 4.74 Å². The predicted octanol–water partition coefficient (Wildman–Crippen LogP) is 4.51. The largest absolute Gasteiger partial charge is 0.495 e. The molecule has 2 rings (SSSR count). The lowest BCUT2D eigenvalue weighted by Gasteiger charge is -2.14. The van der Waals surface area contributed by atoms with Crippen LogP contribution in [0.25, 0.3) is 0 Å². The second-order valence-corrected chi connectivity index (χ2v) is 5.79. The van der Waals surface area contributed by atoms with E-state index in [-0.39, 0.29) is 6.54 Å². The molecule has 2 aromatic rings. The van der Waals surface area contributed by atoms with E-state index in [9.17, 15) is 8.78 Å². The molecular weight excluding hydrogens is 324 g/mol. The molecular formula is C19H23F2N3O. The van der Waals surface area contributed by atoms with Crippen molar-refractivity contribution in [2.45, 2.75) is 20.4 Å². The van der Waals surface area contributed by atoms with Crippen LogP contribution in [0.1, 0.15) is 18.1 Å². The van der Waals surface area contributed by atoms with Gasteiger partial charge in [-0.05, 0) is 43.2 Å². The van der Waals surface area contributed by atoms with Crippen LogP contribution >= 0.6 is 0 Å². The first kappa shape index (κ1) is 18.7. The number of benzene rings is 2. The number of ether oxygens (including phenoxy) is 1. The molecule has 0 saturated heterocycles. The van der Waals surface area contributed by atoms with E-state index in [0.29, 0.717) is 11.3 Å². The molecule has 0 bridgehead atoms. The second kappa shape index (κ2) is 8.46. The van der Waals surface area contributed by atoms with E-state index < -0.39 is 11.6 Å². The average molecular weight is 347 g/mol. The molecule has 0 atom stereocenters. The van der Waals surface area contributed by atoms with Crippen molar-refractivity contribution < 1.29 is 13.5 Å². The minimum atomic E-state index is -0.593. The maximum atomic E-state index is 13.3. The highest BCUT2D eigenvalue weighted by molar-refractivity contribution is 5.70. The Labute approximate surface area is 147 Å². The molecule has 0 aliphatic heterocycles. The Kier molecular flexibility index (Phi) is 6.33. The molecule has 0 heterocycles. The summed E-state index contributed by atoms with van der Waals surface area (Å²) < 4.78 is 32.0. The second-order valence-electron chi connectivity index (χ2n) is 5.79. The number of anilines is 1. The van der Waals surface area contributed by atoms with Gasteiger partial charge in [0.05, 0.1) is 24.8 Å². The molecule has 4 nitrogen and oxygen atoms in total. The third-order valence-corrected chi connectivity index (χ3v) is 3.82. The summed E-state index contributed by atoms with van der Waals surface area (Å²) in [5.41, 5.74) is 3.03. The summed E-state index contributed by atoms with van der Waals surface area (Å²) in [5, 5.41) is 3.16. The van der Waals surface area contributed by atoms with E-state index in [1.54, 1.807) is 13.4 Å². The van der Waals surface area contributed by atoms with Gasteiger partial charge in [0.15, 0.2) is 0 Å². The van der Waals surface area contributed by atoms with Crippen molar-refractivity contribution in [2.75, 3.05) is 26.0 Å². The lowest BCUT2D eigenvalue weighted by Crippen LogP contribution is -2.14. The number of rotatable bonds is 7. The van der Waals surface area contributed by atoms with E-state index in [1.807, 2.05) is 37.9 Å². The molecule has 0 spiro atoms. The van der Waals surface area contributed by atoms with Crippen LogP contribution in [0.4, 0.5) is 20.2 Å². The Morgan fingerprint density at radius 3 is 2.44 bits per heavy atom. The molecule has 25 heavy (non-hydrogen) atoms. The fraction of sp³-hybridized carbons (Fsp3) is 0.316. The average Bonchev–Trinajstić information content (AvgIpc) is 2.57. The van der Waals surface area contributed by atoms with Crippen LogP contribution in [0.2, 0.25) is 0 Å². The number of halogens is 2. The van der Waals surface area contributed by atoms with Crippen molar-refractivity contribution in [3.63, 3.8) is 0 Å². The van der Waals surface area contributed by atoms with Gasteiger partial charge in [0.1, 0.15) is 17.4 Å². The molecule has 0 saturated carbocycles. The molecule has 1 N–H and O–H groups in total. The summed E-state index contributed by atoms with van der Waals surface area (Å²) in [6.45, 7) is 5.14. The highest BCUT2D eigenvalue weighted by Gasteiger charge is 2.08. The monoisotopic (exact) mass is 347 g/mol. The lowest BCUT2D eigenvalue weighted by molar-refractivity contribution is 0.416. The van der Waals surface area contributed by atoms with Gasteiger partial charge in [-0.25, -0.2) is 13.8 Å². The third-order valence-electron chi connectivity index (χ3n) is 3.82. The fourth-order valence-electron chi connectivity index (χ4n) is 2.28. The number of aryl methyl sites for hydroxylation is 1. The van der Waals surface area contributed by atoms with Crippen molar-refractivity contribution in [3.05, 3.63) is 53.1 Å². The van der Waals surface area contributed by atoms with Crippen molar-refractivity contribution in [3.8, 4) is 5.75 Å². The first-order valence-electron chi connectivity index (χ1n) is 8.04. The van der Waals surface area contributed by atoms with Gasteiger partial charge >= 0.3 is 0 Å². The number of aliphatic imine (C=N–C) groups is 1. The van der Waals surface area contributed by atoms with Gasteiger partial charge < -0.3 is 15.0 Å². The van der Waals surface area contributed by atoms with E-state index in [2.05, 4.69) is 10.3 Å². The zero-order valence-corrected chi connectivity index (χ0v) is 14.9. The van der Waals surface area contributed by atoms with Gasteiger partial charge in [0.25, 0.3) is 0 Å². The standard InChI is InChI=1S/C19H23F2N3O/c1-5-24(3)12-23-17-10-19(25-4)18(6-13(17)2)22-11-14-7-15(20)9-16(21)8-14/h6-10,12,22H,5,11H2,1-4H3/b23-12+.